The zero-order chi connectivity index (χ0) is 15.6. The molecule has 0 aliphatic rings. The smallest absolute Gasteiger partial charge is 0.221 e. The SMILES string of the molecule is CCC(N)Cc1c(C)nn(C)c1Oc1ccc(F)c(F)c1. The Labute approximate surface area is 122 Å². The van der Waals surface area contributed by atoms with Crippen LogP contribution in [0.5, 0.6) is 11.6 Å². The van der Waals surface area contributed by atoms with Gasteiger partial charge in [-0.3, -0.25) is 0 Å². The number of hydrogen-bond donors (Lipinski definition) is 1. The van der Waals surface area contributed by atoms with Gasteiger partial charge in [0.2, 0.25) is 5.88 Å². The molecule has 1 unspecified atom stereocenters. The van der Waals surface area contributed by atoms with E-state index in [0.717, 1.165) is 29.8 Å². The van der Waals surface area contributed by atoms with Gasteiger partial charge >= 0.3 is 0 Å². The molecule has 0 amide bonds. The number of nitrogens with two attached hydrogens (primary N) is 1. The van der Waals surface area contributed by atoms with Gasteiger partial charge in [0.1, 0.15) is 5.75 Å². The van der Waals surface area contributed by atoms with Crippen molar-refractivity contribution in [1.29, 1.82) is 0 Å². The van der Waals surface area contributed by atoms with Crippen molar-refractivity contribution in [3.05, 3.63) is 41.1 Å². The van der Waals surface area contributed by atoms with Gasteiger partial charge in [0.15, 0.2) is 11.6 Å². The molecule has 6 heteroatoms. The standard InChI is InChI=1S/C15H19F2N3O/c1-4-10(18)7-12-9(2)19-20(3)15(12)21-11-5-6-13(16)14(17)8-11/h5-6,8,10H,4,7,18H2,1-3H3. The van der Waals surface area contributed by atoms with Crippen molar-refractivity contribution >= 4 is 0 Å². The lowest BCUT2D eigenvalue weighted by molar-refractivity contribution is 0.415. The fourth-order valence-electron chi connectivity index (χ4n) is 2.10. The normalized spacial score (nSPS) is 12.5. The number of ether oxygens (including phenoxy) is 1. The molecule has 0 aliphatic heterocycles. The van der Waals surface area contributed by atoms with Crippen LogP contribution in [0.3, 0.4) is 0 Å². The largest absolute Gasteiger partial charge is 0.439 e. The van der Waals surface area contributed by atoms with Crippen LogP contribution in [0, 0.1) is 18.6 Å². The summed E-state index contributed by atoms with van der Waals surface area (Å²) in [6.07, 6.45) is 1.45. The number of rotatable bonds is 5. The van der Waals surface area contributed by atoms with E-state index in [0.29, 0.717) is 12.3 Å². The summed E-state index contributed by atoms with van der Waals surface area (Å²) in [4.78, 5) is 0. The minimum Gasteiger partial charge on any atom is -0.439 e. The van der Waals surface area contributed by atoms with Gasteiger partial charge in [0.05, 0.1) is 5.69 Å². The van der Waals surface area contributed by atoms with Gasteiger partial charge in [-0.2, -0.15) is 5.10 Å². The molecule has 114 valence electrons. The van der Waals surface area contributed by atoms with Crippen molar-refractivity contribution in [2.24, 2.45) is 12.8 Å². The van der Waals surface area contributed by atoms with Crippen molar-refractivity contribution in [2.75, 3.05) is 0 Å². The molecule has 2 N–H and O–H groups in total. The van der Waals surface area contributed by atoms with Crippen LogP contribution in [-0.2, 0) is 13.5 Å². The third-order valence-corrected chi connectivity index (χ3v) is 3.39. The van der Waals surface area contributed by atoms with Crippen molar-refractivity contribution in [3.8, 4) is 11.6 Å². The Hall–Kier alpha value is -1.95. The summed E-state index contributed by atoms with van der Waals surface area (Å²) in [5.74, 6) is -1.12. The van der Waals surface area contributed by atoms with Gasteiger partial charge in [-0.1, -0.05) is 6.92 Å². The molecular weight excluding hydrogens is 276 g/mol. The van der Waals surface area contributed by atoms with Gasteiger partial charge in [-0.05, 0) is 31.9 Å². The summed E-state index contributed by atoms with van der Waals surface area (Å²) in [5.41, 5.74) is 7.69. The predicted octanol–water partition coefficient (Wildman–Crippen LogP) is 3.08. The summed E-state index contributed by atoms with van der Waals surface area (Å²) in [6, 6.07) is 3.43. The molecular formula is C15H19F2N3O. The highest BCUT2D eigenvalue weighted by Gasteiger charge is 2.18. The maximum atomic E-state index is 13.3. The van der Waals surface area contributed by atoms with Gasteiger partial charge in [-0.25, -0.2) is 13.5 Å². The van der Waals surface area contributed by atoms with E-state index in [1.807, 2.05) is 13.8 Å². The summed E-state index contributed by atoms with van der Waals surface area (Å²) in [5, 5.41) is 4.30. The number of benzene rings is 1. The minimum absolute atomic E-state index is 0.000189. The number of nitrogens with zero attached hydrogens (tertiary/aromatic N) is 2. The van der Waals surface area contributed by atoms with Crippen LogP contribution in [-0.4, -0.2) is 15.8 Å². The Morgan fingerprint density at radius 2 is 2.05 bits per heavy atom. The fourth-order valence-corrected chi connectivity index (χ4v) is 2.10. The predicted molar refractivity (Wildman–Crippen MR) is 76.3 cm³/mol. The molecule has 1 aromatic carbocycles. The van der Waals surface area contributed by atoms with Gasteiger partial charge in [-0.15, -0.1) is 0 Å². The van der Waals surface area contributed by atoms with E-state index in [9.17, 15) is 8.78 Å². The lowest BCUT2D eigenvalue weighted by Gasteiger charge is -2.12. The highest BCUT2D eigenvalue weighted by molar-refractivity contribution is 5.36. The van der Waals surface area contributed by atoms with Crippen molar-refractivity contribution in [1.82, 2.24) is 9.78 Å². The maximum absolute atomic E-state index is 13.3. The number of halogens is 2. The van der Waals surface area contributed by atoms with Crippen LogP contribution in [0.4, 0.5) is 8.78 Å². The van der Waals surface area contributed by atoms with Gasteiger partial charge < -0.3 is 10.5 Å². The zero-order valence-corrected chi connectivity index (χ0v) is 12.4. The highest BCUT2D eigenvalue weighted by Crippen LogP contribution is 2.29. The quantitative estimate of drug-likeness (QED) is 0.922. The molecule has 0 fully saturated rings. The molecule has 0 saturated heterocycles. The molecule has 0 radical (unpaired) electrons. The second kappa shape index (κ2) is 6.22. The molecule has 1 heterocycles. The molecule has 1 aromatic heterocycles. The van der Waals surface area contributed by atoms with E-state index < -0.39 is 11.6 Å². The Morgan fingerprint density at radius 3 is 2.67 bits per heavy atom. The third-order valence-electron chi connectivity index (χ3n) is 3.39. The van der Waals surface area contributed by atoms with Crippen LogP contribution in [0.15, 0.2) is 18.2 Å². The van der Waals surface area contributed by atoms with E-state index in [2.05, 4.69) is 5.10 Å². The topological polar surface area (TPSA) is 53.1 Å². The summed E-state index contributed by atoms with van der Waals surface area (Å²) < 4.78 is 33.5. The Balaban J connectivity index is 2.32. The Morgan fingerprint density at radius 1 is 1.33 bits per heavy atom. The molecule has 0 saturated carbocycles. The highest BCUT2D eigenvalue weighted by atomic mass is 19.2. The van der Waals surface area contributed by atoms with E-state index in [4.69, 9.17) is 10.5 Å². The monoisotopic (exact) mass is 295 g/mol. The third kappa shape index (κ3) is 3.39. The van der Waals surface area contributed by atoms with Crippen molar-refractivity contribution in [3.63, 3.8) is 0 Å². The lowest BCUT2D eigenvalue weighted by atomic mass is 10.1. The molecule has 4 nitrogen and oxygen atoms in total. The van der Waals surface area contributed by atoms with E-state index >= 15 is 0 Å². The second-order valence-electron chi connectivity index (χ2n) is 5.04. The van der Waals surface area contributed by atoms with Crippen LogP contribution in [0.25, 0.3) is 0 Å². The first-order valence-corrected chi connectivity index (χ1v) is 6.83. The molecule has 2 rings (SSSR count). The van der Waals surface area contributed by atoms with Crippen molar-refractivity contribution in [2.45, 2.75) is 32.7 Å². The van der Waals surface area contributed by atoms with Crippen LogP contribution in [0.1, 0.15) is 24.6 Å². The second-order valence-corrected chi connectivity index (χ2v) is 5.04. The Kier molecular flexibility index (Phi) is 4.57. The Bertz CT molecular complexity index is 640. The average Bonchev–Trinajstić information content (AvgIpc) is 2.69. The van der Waals surface area contributed by atoms with Gasteiger partial charge in [0, 0.05) is 24.7 Å². The van der Waals surface area contributed by atoms with E-state index in [-0.39, 0.29) is 11.8 Å². The molecule has 21 heavy (non-hydrogen) atoms. The average molecular weight is 295 g/mol. The first-order chi connectivity index (χ1) is 9.92. The molecule has 0 aliphatic carbocycles. The van der Waals surface area contributed by atoms with Crippen LogP contribution < -0.4 is 10.5 Å². The van der Waals surface area contributed by atoms with Gasteiger partial charge in [0.25, 0.3) is 0 Å². The van der Waals surface area contributed by atoms with E-state index in [1.165, 1.54) is 6.07 Å². The summed E-state index contributed by atoms with van der Waals surface area (Å²) >= 11 is 0. The summed E-state index contributed by atoms with van der Waals surface area (Å²) in [7, 11) is 1.74. The first-order valence-electron chi connectivity index (χ1n) is 6.83. The number of hydrogen-bond acceptors (Lipinski definition) is 3. The van der Waals surface area contributed by atoms with Crippen LogP contribution in [0.2, 0.25) is 0 Å². The van der Waals surface area contributed by atoms with E-state index in [1.54, 1.807) is 11.7 Å². The fraction of sp³-hybridized carbons (Fsp3) is 0.400. The van der Waals surface area contributed by atoms with Crippen LogP contribution >= 0.6 is 0 Å². The zero-order valence-electron chi connectivity index (χ0n) is 12.4. The minimum atomic E-state index is -0.946. The molecule has 2 aromatic rings. The molecule has 0 bridgehead atoms. The molecule has 1 atom stereocenters. The summed E-state index contributed by atoms with van der Waals surface area (Å²) in [6.45, 7) is 3.88. The number of aryl methyl sites for hydroxylation is 2. The maximum Gasteiger partial charge on any atom is 0.221 e. The lowest BCUT2D eigenvalue weighted by Crippen LogP contribution is -2.21. The molecule has 0 spiro atoms. The first kappa shape index (κ1) is 15.4. The number of aromatic nitrogens is 2. The van der Waals surface area contributed by atoms with Crippen molar-refractivity contribution < 1.29 is 13.5 Å².